The number of aliphatic imine (C=N–C) groups is 1. The van der Waals surface area contributed by atoms with Crippen LogP contribution in [0.4, 0.5) is 5.69 Å². The van der Waals surface area contributed by atoms with Crippen molar-refractivity contribution in [3.63, 3.8) is 0 Å². The van der Waals surface area contributed by atoms with Crippen LogP contribution in [0.5, 0.6) is 0 Å². The first-order valence-corrected chi connectivity index (χ1v) is 5.73. The van der Waals surface area contributed by atoms with Gasteiger partial charge in [-0.25, -0.2) is 9.59 Å². The molecule has 0 bridgehead atoms. The Labute approximate surface area is 119 Å². The van der Waals surface area contributed by atoms with E-state index in [-0.39, 0.29) is 10.6 Å². The summed E-state index contributed by atoms with van der Waals surface area (Å²) in [5.41, 5.74) is 0.527. The molecule has 1 aromatic rings. The van der Waals surface area contributed by atoms with Crippen LogP contribution in [0, 0.1) is 0 Å². The predicted octanol–water partition coefficient (Wildman–Crippen LogP) is 2.95. The molecule has 0 atom stereocenters. The lowest BCUT2D eigenvalue weighted by atomic mass is 10.2. The highest BCUT2D eigenvalue weighted by Crippen LogP contribution is 2.20. The molecule has 1 aromatic carbocycles. The van der Waals surface area contributed by atoms with Gasteiger partial charge in [-0.15, -0.1) is 0 Å². The Bertz CT molecular complexity index is 567. The first kappa shape index (κ1) is 15.2. The summed E-state index contributed by atoms with van der Waals surface area (Å²) in [7, 11) is 1.25. The normalized spacial score (nSPS) is 12.2. The number of aliphatic carboxylic acids is 1. The zero-order chi connectivity index (χ0) is 14.4. The molecule has 100 valence electrons. The van der Waals surface area contributed by atoms with Crippen molar-refractivity contribution in [2.75, 3.05) is 7.11 Å². The van der Waals surface area contributed by atoms with Crippen molar-refractivity contribution >= 4 is 47.0 Å². The zero-order valence-corrected chi connectivity index (χ0v) is 11.3. The molecule has 0 saturated carbocycles. The van der Waals surface area contributed by atoms with Gasteiger partial charge in [0.1, 0.15) is 5.03 Å². The molecule has 7 heteroatoms. The van der Waals surface area contributed by atoms with Crippen LogP contribution in [-0.4, -0.2) is 30.4 Å². The number of carbonyl (C=O) groups excluding carboxylic acids is 1. The number of hydrogen-bond acceptors (Lipinski definition) is 4. The Morgan fingerprint density at radius 2 is 1.95 bits per heavy atom. The molecule has 1 rings (SSSR count). The number of carbonyl (C=O) groups is 2. The summed E-state index contributed by atoms with van der Waals surface area (Å²) in [5.74, 6) is -1.92. The van der Waals surface area contributed by atoms with Crippen molar-refractivity contribution in [2.45, 2.75) is 0 Å². The van der Waals surface area contributed by atoms with E-state index in [2.05, 4.69) is 9.73 Å². The number of benzene rings is 1. The van der Waals surface area contributed by atoms with Crippen LogP contribution in [0.2, 0.25) is 0 Å². The molecular formula is C12H9Cl2NO4. The Balaban J connectivity index is 3.10. The van der Waals surface area contributed by atoms with E-state index in [1.807, 2.05) is 0 Å². The highest BCUT2D eigenvalue weighted by molar-refractivity contribution is 6.51. The van der Waals surface area contributed by atoms with Crippen LogP contribution in [0.25, 0.3) is 0 Å². The summed E-state index contributed by atoms with van der Waals surface area (Å²) in [4.78, 5) is 25.9. The van der Waals surface area contributed by atoms with E-state index in [0.717, 1.165) is 6.21 Å². The molecule has 19 heavy (non-hydrogen) atoms. The fourth-order valence-corrected chi connectivity index (χ4v) is 1.33. The van der Waals surface area contributed by atoms with Crippen molar-refractivity contribution in [1.29, 1.82) is 0 Å². The van der Waals surface area contributed by atoms with E-state index in [1.54, 1.807) is 18.2 Å². The van der Waals surface area contributed by atoms with Gasteiger partial charge in [0, 0.05) is 6.21 Å². The second-order valence-electron chi connectivity index (χ2n) is 3.23. The lowest BCUT2D eigenvalue weighted by molar-refractivity contribution is -0.131. The minimum Gasteiger partial charge on any atom is -0.477 e. The van der Waals surface area contributed by atoms with Crippen molar-refractivity contribution in [3.8, 4) is 0 Å². The van der Waals surface area contributed by atoms with Crippen molar-refractivity contribution in [3.05, 3.63) is 39.9 Å². The van der Waals surface area contributed by atoms with E-state index < -0.39 is 17.0 Å². The number of esters is 1. The number of methoxy groups -OCH3 is 1. The van der Waals surface area contributed by atoms with Gasteiger partial charge in [0.05, 0.1) is 23.4 Å². The van der Waals surface area contributed by atoms with Crippen molar-refractivity contribution in [1.82, 2.24) is 0 Å². The second kappa shape index (κ2) is 6.92. The Hall–Kier alpha value is -1.85. The lowest BCUT2D eigenvalue weighted by Gasteiger charge is -2.02. The first-order chi connectivity index (χ1) is 8.97. The number of ether oxygens (including phenoxy) is 1. The highest BCUT2D eigenvalue weighted by Gasteiger charge is 2.11. The number of nitrogens with zero attached hydrogens (tertiary/aromatic N) is 1. The largest absolute Gasteiger partial charge is 0.477 e. The number of allylic oxidation sites excluding steroid dienone is 1. The Kier molecular flexibility index (Phi) is 5.54. The molecule has 5 nitrogen and oxygen atoms in total. The van der Waals surface area contributed by atoms with Gasteiger partial charge in [-0.05, 0) is 12.1 Å². The van der Waals surface area contributed by atoms with Crippen molar-refractivity contribution in [2.24, 2.45) is 4.99 Å². The number of carboxylic acid groups (broad SMARTS) is 1. The van der Waals surface area contributed by atoms with Crippen LogP contribution in [0.3, 0.4) is 0 Å². The van der Waals surface area contributed by atoms with Gasteiger partial charge < -0.3 is 9.84 Å². The monoisotopic (exact) mass is 301 g/mol. The third kappa shape index (κ3) is 4.08. The van der Waals surface area contributed by atoms with E-state index >= 15 is 0 Å². The molecule has 0 aromatic heterocycles. The highest BCUT2D eigenvalue weighted by atomic mass is 35.5. The summed E-state index contributed by atoms with van der Waals surface area (Å²) in [6.07, 6.45) is 1.06. The number of hydrogen-bond donors (Lipinski definition) is 1. The maximum absolute atomic E-state index is 11.5. The van der Waals surface area contributed by atoms with E-state index in [4.69, 9.17) is 28.3 Å². The van der Waals surface area contributed by atoms with Gasteiger partial charge in [0.15, 0.2) is 0 Å². The second-order valence-corrected chi connectivity index (χ2v) is 4.02. The number of rotatable bonds is 4. The third-order valence-electron chi connectivity index (χ3n) is 2.02. The van der Waals surface area contributed by atoms with Gasteiger partial charge in [-0.1, -0.05) is 35.3 Å². The number of carboxylic acids is 1. The molecule has 0 fully saturated rings. The number of para-hydroxylation sites is 1. The Morgan fingerprint density at radius 1 is 1.32 bits per heavy atom. The van der Waals surface area contributed by atoms with Gasteiger partial charge in [0.2, 0.25) is 0 Å². The minimum atomic E-state index is -1.36. The van der Waals surface area contributed by atoms with Crippen LogP contribution in [0.1, 0.15) is 10.4 Å². The van der Waals surface area contributed by atoms with Gasteiger partial charge in [0.25, 0.3) is 0 Å². The SMILES string of the molecule is COC(=O)c1ccccc1N=C/C(Cl)=C(/Cl)C(=O)O. The summed E-state index contributed by atoms with van der Waals surface area (Å²) in [5, 5.41) is 7.82. The molecular weight excluding hydrogens is 293 g/mol. The fraction of sp³-hybridized carbons (Fsp3) is 0.0833. The molecule has 0 amide bonds. The molecule has 0 aliphatic heterocycles. The van der Waals surface area contributed by atoms with E-state index in [9.17, 15) is 9.59 Å². The predicted molar refractivity (Wildman–Crippen MR) is 72.3 cm³/mol. The Morgan fingerprint density at radius 3 is 2.53 bits per heavy atom. The summed E-state index contributed by atoms with van der Waals surface area (Å²) >= 11 is 11.1. The topological polar surface area (TPSA) is 76.0 Å². The summed E-state index contributed by atoms with van der Waals surface area (Å²) < 4.78 is 4.59. The van der Waals surface area contributed by atoms with Crippen LogP contribution in [-0.2, 0) is 9.53 Å². The zero-order valence-electron chi connectivity index (χ0n) is 9.76. The third-order valence-corrected chi connectivity index (χ3v) is 2.77. The molecule has 0 spiro atoms. The maximum Gasteiger partial charge on any atom is 0.348 e. The van der Waals surface area contributed by atoms with Crippen LogP contribution in [0.15, 0.2) is 39.3 Å². The lowest BCUT2D eigenvalue weighted by Crippen LogP contribution is -2.01. The quantitative estimate of drug-likeness (QED) is 0.527. The average molecular weight is 302 g/mol. The van der Waals surface area contributed by atoms with Crippen molar-refractivity contribution < 1.29 is 19.4 Å². The first-order valence-electron chi connectivity index (χ1n) is 4.97. The molecule has 0 aliphatic rings. The minimum absolute atomic E-state index is 0.233. The summed E-state index contributed by atoms with van der Waals surface area (Å²) in [6, 6.07) is 6.39. The number of halogens is 2. The van der Waals surface area contributed by atoms with Gasteiger partial charge in [-0.3, -0.25) is 4.99 Å². The standard InChI is InChI=1S/C12H9Cl2NO4/c1-19-12(18)7-4-2-3-5-9(7)15-6-8(13)10(14)11(16)17/h2-6H,1H3,(H,16,17)/b10-8-,15-6?. The molecule has 0 saturated heterocycles. The van der Waals surface area contributed by atoms with Crippen LogP contribution < -0.4 is 0 Å². The maximum atomic E-state index is 11.5. The summed E-state index contributed by atoms with van der Waals surface area (Å²) in [6.45, 7) is 0. The molecule has 0 radical (unpaired) electrons. The smallest absolute Gasteiger partial charge is 0.348 e. The molecule has 0 aliphatic carbocycles. The van der Waals surface area contributed by atoms with Gasteiger partial charge >= 0.3 is 11.9 Å². The van der Waals surface area contributed by atoms with E-state index in [0.29, 0.717) is 5.69 Å². The van der Waals surface area contributed by atoms with Crippen LogP contribution >= 0.6 is 23.2 Å². The van der Waals surface area contributed by atoms with E-state index in [1.165, 1.54) is 13.2 Å². The molecule has 1 N–H and O–H groups in total. The fourth-order valence-electron chi connectivity index (χ4n) is 1.15. The average Bonchev–Trinajstić information content (AvgIpc) is 2.43. The molecule has 0 heterocycles. The van der Waals surface area contributed by atoms with Gasteiger partial charge in [-0.2, -0.15) is 0 Å². The molecule has 0 unspecified atom stereocenters.